The highest BCUT2D eigenvalue weighted by atomic mass is 79.9. The van der Waals surface area contributed by atoms with Crippen molar-refractivity contribution in [3.05, 3.63) is 97.9 Å². The molecule has 1 aliphatic carbocycles. The quantitative estimate of drug-likeness (QED) is 0.234. The molecule has 1 N–H and O–H groups in total. The van der Waals surface area contributed by atoms with E-state index in [9.17, 15) is 18.0 Å². The summed E-state index contributed by atoms with van der Waals surface area (Å²) in [5.74, 6) is -0.786. The van der Waals surface area contributed by atoms with Crippen molar-refractivity contribution in [2.24, 2.45) is 0 Å². The van der Waals surface area contributed by atoms with Crippen molar-refractivity contribution in [3.8, 4) is 0 Å². The number of carbonyl (C=O) groups is 2. The molecule has 0 saturated heterocycles. The largest absolute Gasteiger partial charge is 0.352 e. The van der Waals surface area contributed by atoms with E-state index in [1.165, 1.54) is 4.90 Å². The van der Waals surface area contributed by atoms with Crippen molar-refractivity contribution in [1.29, 1.82) is 0 Å². The highest BCUT2D eigenvalue weighted by molar-refractivity contribution is 9.10. The molecule has 1 atom stereocenters. The molecule has 0 bridgehead atoms. The fourth-order valence-corrected chi connectivity index (χ4v) is 6.74. The lowest BCUT2D eigenvalue weighted by molar-refractivity contribution is -0.140. The molecule has 11 heteroatoms. The number of anilines is 1. The fourth-order valence-electron chi connectivity index (χ4n) is 5.33. The number of aryl methyl sites for hydroxylation is 1. The first kappa shape index (κ1) is 33.3. The van der Waals surface area contributed by atoms with Gasteiger partial charge in [-0.3, -0.25) is 13.9 Å². The molecule has 3 aromatic rings. The molecule has 4 rings (SSSR count). The van der Waals surface area contributed by atoms with Gasteiger partial charge in [0.1, 0.15) is 12.6 Å². The molecule has 2 amide bonds. The lowest BCUT2D eigenvalue weighted by atomic mass is 9.94. The summed E-state index contributed by atoms with van der Waals surface area (Å²) in [6.45, 7) is 1.39. The smallest absolute Gasteiger partial charge is 0.244 e. The minimum absolute atomic E-state index is 0.0275. The summed E-state index contributed by atoms with van der Waals surface area (Å²) in [7, 11) is -3.86. The first-order chi connectivity index (χ1) is 20.4. The number of rotatable bonds is 11. The maximum atomic E-state index is 14.3. The number of amides is 2. The first-order valence-corrected chi connectivity index (χ1v) is 17.6. The van der Waals surface area contributed by atoms with Crippen LogP contribution in [0, 0.1) is 6.92 Å². The molecule has 0 heterocycles. The van der Waals surface area contributed by atoms with Gasteiger partial charge in [-0.15, -0.1) is 0 Å². The van der Waals surface area contributed by atoms with Gasteiger partial charge in [-0.1, -0.05) is 94.8 Å². The SMILES string of the molecule is Cc1cc(N(CC(=O)N(Cc2ccc(Cl)c(Cl)c2)[C@@H](Cc2ccccc2)C(=O)NC2CCCCC2)S(C)(=O)=O)ccc1Br. The van der Waals surface area contributed by atoms with Gasteiger partial charge in [-0.2, -0.15) is 0 Å². The van der Waals surface area contributed by atoms with E-state index in [-0.39, 0.29) is 24.9 Å². The normalized spacial score (nSPS) is 14.6. The van der Waals surface area contributed by atoms with E-state index >= 15 is 0 Å². The summed E-state index contributed by atoms with van der Waals surface area (Å²) >= 11 is 15.9. The van der Waals surface area contributed by atoms with Gasteiger partial charge in [0.2, 0.25) is 21.8 Å². The van der Waals surface area contributed by atoms with E-state index in [1.807, 2.05) is 37.3 Å². The Labute approximate surface area is 272 Å². The first-order valence-electron chi connectivity index (χ1n) is 14.2. The maximum absolute atomic E-state index is 14.3. The summed E-state index contributed by atoms with van der Waals surface area (Å²) in [5, 5.41) is 3.88. The molecule has 0 unspecified atom stereocenters. The molecule has 1 aliphatic rings. The van der Waals surface area contributed by atoms with Crippen molar-refractivity contribution in [1.82, 2.24) is 10.2 Å². The van der Waals surface area contributed by atoms with Crippen LogP contribution in [0.15, 0.2) is 71.2 Å². The summed E-state index contributed by atoms with van der Waals surface area (Å²) in [4.78, 5) is 29.8. The predicted octanol–water partition coefficient (Wildman–Crippen LogP) is 6.92. The van der Waals surface area contributed by atoms with Crippen LogP contribution in [0.1, 0.15) is 48.8 Å². The van der Waals surface area contributed by atoms with Gasteiger partial charge in [0.05, 0.1) is 22.0 Å². The third-order valence-corrected chi connectivity index (χ3v) is 10.4. The Morgan fingerprint density at radius 3 is 2.28 bits per heavy atom. The van der Waals surface area contributed by atoms with Crippen molar-refractivity contribution >= 4 is 66.7 Å². The van der Waals surface area contributed by atoms with Crippen LogP contribution < -0.4 is 9.62 Å². The van der Waals surface area contributed by atoms with Crippen LogP contribution in [0.4, 0.5) is 5.69 Å². The van der Waals surface area contributed by atoms with Gasteiger partial charge in [0.15, 0.2) is 0 Å². The average Bonchev–Trinajstić information content (AvgIpc) is 2.97. The average molecular weight is 710 g/mol. The molecule has 7 nitrogen and oxygen atoms in total. The Kier molecular flexibility index (Phi) is 11.6. The number of carbonyl (C=O) groups excluding carboxylic acids is 2. The number of sulfonamides is 1. The van der Waals surface area contributed by atoms with Gasteiger partial charge in [0, 0.05) is 23.5 Å². The molecular weight excluding hydrogens is 673 g/mol. The van der Waals surface area contributed by atoms with Crippen LogP contribution in [-0.2, 0) is 32.6 Å². The highest BCUT2D eigenvalue weighted by Gasteiger charge is 2.34. The fraction of sp³-hybridized carbons (Fsp3) is 0.375. The van der Waals surface area contributed by atoms with Gasteiger partial charge in [-0.25, -0.2) is 8.42 Å². The second-order valence-electron chi connectivity index (χ2n) is 11.0. The second kappa shape index (κ2) is 14.9. The van der Waals surface area contributed by atoms with Gasteiger partial charge in [-0.05, 0) is 66.8 Å². The number of halogens is 3. The topological polar surface area (TPSA) is 86.8 Å². The second-order valence-corrected chi connectivity index (χ2v) is 14.6. The molecule has 0 spiro atoms. The van der Waals surface area contributed by atoms with Crippen molar-refractivity contribution in [2.75, 3.05) is 17.1 Å². The van der Waals surface area contributed by atoms with E-state index in [0.29, 0.717) is 21.3 Å². The van der Waals surface area contributed by atoms with E-state index in [0.717, 1.165) is 58.3 Å². The summed E-state index contributed by atoms with van der Waals surface area (Å²) in [5.41, 5.74) is 2.72. The molecular formula is C32H36BrCl2N3O4S. The third-order valence-electron chi connectivity index (χ3n) is 7.67. The molecule has 230 valence electrons. The number of hydrogen-bond acceptors (Lipinski definition) is 4. The minimum Gasteiger partial charge on any atom is -0.352 e. The zero-order chi connectivity index (χ0) is 31.1. The van der Waals surface area contributed by atoms with Crippen LogP contribution in [0.25, 0.3) is 0 Å². The molecule has 1 fully saturated rings. The van der Waals surface area contributed by atoms with E-state index < -0.39 is 28.5 Å². The summed E-state index contributed by atoms with van der Waals surface area (Å²) < 4.78 is 27.9. The van der Waals surface area contributed by atoms with Crippen LogP contribution >= 0.6 is 39.1 Å². The molecule has 0 aliphatic heterocycles. The predicted molar refractivity (Wildman–Crippen MR) is 177 cm³/mol. The van der Waals surface area contributed by atoms with Crippen LogP contribution in [0.3, 0.4) is 0 Å². The molecule has 3 aromatic carbocycles. The Morgan fingerprint density at radius 2 is 1.65 bits per heavy atom. The third kappa shape index (κ3) is 9.20. The number of nitrogens with one attached hydrogen (secondary N) is 1. The van der Waals surface area contributed by atoms with E-state index in [2.05, 4.69) is 21.2 Å². The Hall–Kier alpha value is -2.59. The summed E-state index contributed by atoms with van der Waals surface area (Å²) in [6, 6.07) is 18.8. The number of benzene rings is 3. The van der Waals surface area contributed by atoms with E-state index in [4.69, 9.17) is 23.2 Å². The molecule has 0 radical (unpaired) electrons. The van der Waals surface area contributed by atoms with E-state index in [1.54, 1.807) is 36.4 Å². The van der Waals surface area contributed by atoms with Crippen LogP contribution in [-0.4, -0.2) is 50.0 Å². The van der Waals surface area contributed by atoms with Crippen molar-refractivity contribution in [3.63, 3.8) is 0 Å². The Bertz CT molecular complexity index is 1550. The standard InChI is InChI=1S/C32H36BrCl2N3O4S/c1-22-17-26(14-15-27(22)33)38(43(2,41)42)21-31(39)37(20-24-13-16-28(34)29(35)18-24)30(19-23-9-5-3-6-10-23)32(40)36-25-11-7-4-8-12-25/h3,5-6,9-10,13-18,25,30H,4,7-8,11-12,19-21H2,1-2H3,(H,36,40)/t30-/m0/s1. The van der Waals surface area contributed by atoms with Gasteiger partial charge >= 0.3 is 0 Å². The van der Waals surface area contributed by atoms with Crippen LogP contribution in [0.5, 0.6) is 0 Å². The molecule has 43 heavy (non-hydrogen) atoms. The number of nitrogens with zero attached hydrogens (tertiary/aromatic N) is 2. The van der Waals surface area contributed by atoms with Crippen molar-refractivity contribution < 1.29 is 18.0 Å². The van der Waals surface area contributed by atoms with Crippen LogP contribution in [0.2, 0.25) is 10.0 Å². The Morgan fingerprint density at radius 1 is 0.953 bits per heavy atom. The van der Waals surface area contributed by atoms with Gasteiger partial charge in [0.25, 0.3) is 0 Å². The highest BCUT2D eigenvalue weighted by Crippen LogP contribution is 2.27. The zero-order valence-corrected chi connectivity index (χ0v) is 28.1. The molecule has 0 aromatic heterocycles. The zero-order valence-electron chi connectivity index (χ0n) is 24.2. The molecule has 1 saturated carbocycles. The van der Waals surface area contributed by atoms with Crippen molar-refractivity contribution in [2.45, 2.75) is 64.1 Å². The van der Waals surface area contributed by atoms with Gasteiger partial charge < -0.3 is 10.2 Å². The lowest BCUT2D eigenvalue weighted by Gasteiger charge is -2.35. The Balaban J connectivity index is 1.74. The summed E-state index contributed by atoms with van der Waals surface area (Å²) in [6.07, 6.45) is 6.30. The lowest BCUT2D eigenvalue weighted by Crippen LogP contribution is -2.55. The maximum Gasteiger partial charge on any atom is 0.244 e. The monoisotopic (exact) mass is 707 g/mol. The minimum atomic E-state index is -3.86. The number of hydrogen-bond donors (Lipinski definition) is 1.